The van der Waals surface area contributed by atoms with Crippen LogP contribution in [-0.4, -0.2) is 51.0 Å². The highest BCUT2D eigenvalue weighted by atomic mass is 35.5. The summed E-state index contributed by atoms with van der Waals surface area (Å²) in [6.07, 6.45) is 1.34. The average molecular weight is 500 g/mol. The highest BCUT2D eigenvalue weighted by Gasteiger charge is 2.32. The van der Waals surface area contributed by atoms with Crippen LogP contribution >= 0.6 is 23.2 Å². The van der Waals surface area contributed by atoms with E-state index in [1.165, 1.54) is 24.1 Å². The van der Waals surface area contributed by atoms with E-state index in [0.29, 0.717) is 6.42 Å². The van der Waals surface area contributed by atoms with E-state index in [2.05, 4.69) is 5.32 Å². The molecule has 0 saturated carbocycles. The maximum absolute atomic E-state index is 13.5. The van der Waals surface area contributed by atoms with E-state index in [0.717, 1.165) is 21.7 Å². The van der Waals surface area contributed by atoms with Gasteiger partial charge in [0.1, 0.15) is 12.6 Å². The zero-order valence-corrected chi connectivity index (χ0v) is 20.8. The van der Waals surface area contributed by atoms with Crippen LogP contribution in [0.3, 0.4) is 0 Å². The fraction of sp³-hybridized carbons (Fsp3) is 0.364. The highest BCUT2D eigenvalue weighted by molar-refractivity contribution is 7.92. The lowest BCUT2D eigenvalue weighted by Crippen LogP contribution is -2.51. The monoisotopic (exact) mass is 499 g/mol. The molecule has 0 radical (unpaired) electrons. The minimum Gasteiger partial charge on any atom is -0.357 e. The van der Waals surface area contributed by atoms with E-state index in [4.69, 9.17) is 23.2 Å². The van der Waals surface area contributed by atoms with Crippen molar-refractivity contribution in [3.8, 4) is 0 Å². The largest absolute Gasteiger partial charge is 0.357 e. The van der Waals surface area contributed by atoms with Gasteiger partial charge in [0.15, 0.2) is 0 Å². The van der Waals surface area contributed by atoms with Crippen molar-refractivity contribution >= 4 is 50.7 Å². The van der Waals surface area contributed by atoms with Crippen LogP contribution < -0.4 is 9.62 Å². The molecule has 32 heavy (non-hydrogen) atoms. The van der Waals surface area contributed by atoms with Crippen molar-refractivity contribution in [2.45, 2.75) is 32.9 Å². The third kappa shape index (κ3) is 6.15. The summed E-state index contributed by atoms with van der Waals surface area (Å²) in [4.78, 5) is 27.4. The Hall–Kier alpha value is -2.29. The lowest BCUT2D eigenvalue weighted by molar-refractivity contribution is -0.140. The number of nitrogens with zero attached hydrogens (tertiary/aromatic N) is 2. The van der Waals surface area contributed by atoms with E-state index < -0.39 is 28.5 Å². The van der Waals surface area contributed by atoms with Crippen molar-refractivity contribution in [3.63, 3.8) is 0 Å². The Balaban J connectivity index is 2.49. The maximum atomic E-state index is 13.5. The number of aryl methyl sites for hydroxylation is 1. The van der Waals surface area contributed by atoms with Gasteiger partial charge in [-0.05, 0) is 36.6 Å². The van der Waals surface area contributed by atoms with Gasteiger partial charge in [-0.25, -0.2) is 8.42 Å². The van der Waals surface area contributed by atoms with E-state index in [-0.39, 0.29) is 28.2 Å². The number of hydrogen-bond donors (Lipinski definition) is 1. The molecule has 0 saturated heterocycles. The predicted molar refractivity (Wildman–Crippen MR) is 129 cm³/mol. The summed E-state index contributed by atoms with van der Waals surface area (Å²) in [7, 11) is -2.39. The van der Waals surface area contributed by atoms with Gasteiger partial charge in [-0.3, -0.25) is 13.9 Å². The molecular weight excluding hydrogens is 473 g/mol. The molecule has 7 nitrogen and oxygen atoms in total. The molecule has 0 aliphatic rings. The molecule has 174 valence electrons. The molecule has 0 aliphatic heterocycles. The highest BCUT2D eigenvalue weighted by Crippen LogP contribution is 2.33. The quantitative estimate of drug-likeness (QED) is 0.570. The van der Waals surface area contributed by atoms with Crippen LogP contribution in [-0.2, 0) is 26.2 Å². The number of likely N-dealkylation sites (N-methyl/N-ethyl adjacent to an activating group) is 1. The van der Waals surface area contributed by atoms with Crippen LogP contribution in [0.5, 0.6) is 0 Å². The summed E-state index contributed by atoms with van der Waals surface area (Å²) in [5.74, 6) is -0.869. The molecule has 1 N–H and O–H groups in total. The lowest BCUT2D eigenvalue weighted by Gasteiger charge is -2.33. The Morgan fingerprint density at radius 2 is 1.75 bits per heavy atom. The van der Waals surface area contributed by atoms with Crippen molar-refractivity contribution < 1.29 is 18.0 Å². The van der Waals surface area contributed by atoms with Crippen LogP contribution in [0.4, 0.5) is 5.69 Å². The Labute approximate surface area is 199 Å². The summed E-state index contributed by atoms with van der Waals surface area (Å²) < 4.78 is 26.0. The second-order valence-electron chi connectivity index (χ2n) is 7.33. The van der Waals surface area contributed by atoms with Crippen LogP contribution in [0.15, 0.2) is 42.5 Å². The van der Waals surface area contributed by atoms with Crippen LogP contribution in [0.25, 0.3) is 0 Å². The number of rotatable bonds is 9. The maximum Gasteiger partial charge on any atom is 0.244 e. The van der Waals surface area contributed by atoms with Crippen molar-refractivity contribution in [2.75, 3.05) is 24.2 Å². The topological polar surface area (TPSA) is 86.8 Å². The first-order valence-corrected chi connectivity index (χ1v) is 12.6. The van der Waals surface area contributed by atoms with Gasteiger partial charge in [0, 0.05) is 13.6 Å². The number of anilines is 1. The summed E-state index contributed by atoms with van der Waals surface area (Å²) in [6.45, 7) is 3.32. The number of carbonyl (C=O) groups excluding carboxylic acids is 2. The number of hydrogen-bond acceptors (Lipinski definition) is 4. The van der Waals surface area contributed by atoms with Crippen molar-refractivity contribution in [1.82, 2.24) is 10.2 Å². The minimum atomic E-state index is -3.88. The van der Waals surface area contributed by atoms with Crippen molar-refractivity contribution in [1.29, 1.82) is 0 Å². The molecule has 1 atom stereocenters. The number of benzene rings is 2. The summed E-state index contributed by atoms with van der Waals surface area (Å²) in [6, 6.07) is 11.3. The molecule has 0 aliphatic carbocycles. The van der Waals surface area contributed by atoms with Gasteiger partial charge in [0.2, 0.25) is 21.8 Å². The predicted octanol–water partition coefficient (Wildman–Crippen LogP) is 3.62. The first-order chi connectivity index (χ1) is 15.0. The minimum absolute atomic E-state index is 0.0242. The fourth-order valence-corrected chi connectivity index (χ4v) is 4.64. The van der Waals surface area contributed by atoms with Crippen LogP contribution in [0.1, 0.15) is 24.5 Å². The SMILES string of the molecule is CC[C@@H](C(=O)NC)N(Cc1ccccc1C)C(=O)CN(c1cccc(Cl)c1Cl)S(C)(=O)=O. The zero-order valence-electron chi connectivity index (χ0n) is 18.4. The molecule has 0 bridgehead atoms. The first-order valence-electron chi connectivity index (χ1n) is 9.98. The average Bonchev–Trinajstić information content (AvgIpc) is 2.74. The molecule has 0 spiro atoms. The molecule has 2 aromatic carbocycles. The first kappa shape index (κ1) is 26.0. The number of sulfonamides is 1. The Kier molecular flexibility index (Phi) is 8.95. The van der Waals surface area contributed by atoms with Gasteiger partial charge in [0.05, 0.1) is 22.0 Å². The van der Waals surface area contributed by atoms with Crippen molar-refractivity contribution in [3.05, 3.63) is 63.6 Å². The van der Waals surface area contributed by atoms with E-state index >= 15 is 0 Å². The smallest absolute Gasteiger partial charge is 0.244 e. The second kappa shape index (κ2) is 11.0. The van der Waals surface area contributed by atoms with E-state index in [9.17, 15) is 18.0 Å². The second-order valence-corrected chi connectivity index (χ2v) is 10.0. The molecule has 0 heterocycles. The summed E-state index contributed by atoms with van der Waals surface area (Å²) in [5, 5.41) is 2.77. The number of carbonyl (C=O) groups is 2. The molecule has 0 unspecified atom stereocenters. The molecule has 2 amide bonds. The zero-order chi connectivity index (χ0) is 24.1. The molecule has 2 aromatic rings. The van der Waals surface area contributed by atoms with E-state index in [1.807, 2.05) is 31.2 Å². The lowest BCUT2D eigenvalue weighted by atomic mass is 10.1. The Morgan fingerprint density at radius 1 is 1.09 bits per heavy atom. The Morgan fingerprint density at radius 3 is 2.31 bits per heavy atom. The summed E-state index contributed by atoms with van der Waals surface area (Å²) >= 11 is 12.3. The van der Waals surface area contributed by atoms with Crippen LogP contribution in [0, 0.1) is 6.92 Å². The standard InChI is InChI=1S/C22H27Cl2N3O4S/c1-5-18(22(29)25-3)26(13-16-10-7-6-9-15(16)2)20(28)14-27(32(4,30)31)19-12-8-11-17(23)21(19)24/h6-12,18H,5,13-14H2,1-4H3,(H,25,29)/t18-/m0/s1. The third-order valence-corrected chi connectivity index (χ3v) is 7.05. The van der Waals surface area contributed by atoms with Gasteiger partial charge in [-0.1, -0.05) is 60.5 Å². The van der Waals surface area contributed by atoms with E-state index in [1.54, 1.807) is 13.0 Å². The van der Waals surface area contributed by atoms with Crippen LogP contribution in [0.2, 0.25) is 10.0 Å². The normalized spacial score (nSPS) is 12.2. The van der Waals surface area contributed by atoms with Gasteiger partial charge in [-0.2, -0.15) is 0 Å². The fourth-order valence-electron chi connectivity index (χ4n) is 3.34. The van der Waals surface area contributed by atoms with Gasteiger partial charge < -0.3 is 10.2 Å². The Bertz CT molecular complexity index is 1090. The van der Waals surface area contributed by atoms with Gasteiger partial charge in [-0.15, -0.1) is 0 Å². The molecule has 2 rings (SSSR count). The number of nitrogens with one attached hydrogen (secondary N) is 1. The number of amides is 2. The molecule has 10 heteroatoms. The van der Waals surface area contributed by atoms with Gasteiger partial charge in [0.25, 0.3) is 0 Å². The van der Waals surface area contributed by atoms with Gasteiger partial charge >= 0.3 is 0 Å². The molecular formula is C22H27Cl2N3O4S. The summed E-state index contributed by atoms with van der Waals surface area (Å²) in [5.41, 5.74) is 1.91. The molecule has 0 aromatic heterocycles. The third-order valence-electron chi connectivity index (χ3n) is 5.11. The molecule has 0 fully saturated rings. The van der Waals surface area contributed by atoms with Crippen molar-refractivity contribution in [2.24, 2.45) is 0 Å². The number of halogens is 2.